The first-order chi connectivity index (χ1) is 11.7. The van der Waals surface area contributed by atoms with Gasteiger partial charge in [-0.25, -0.2) is 0 Å². The molecule has 24 heavy (non-hydrogen) atoms. The molecule has 1 atom stereocenters. The van der Waals surface area contributed by atoms with Crippen LogP contribution in [-0.4, -0.2) is 27.5 Å². The molecule has 0 bridgehead atoms. The molecule has 1 aromatic carbocycles. The lowest BCUT2D eigenvalue weighted by molar-refractivity contribution is 0.0715. The number of nitrogens with zero attached hydrogens (tertiary/aromatic N) is 3. The summed E-state index contributed by atoms with van der Waals surface area (Å²) >= 11 is 1.46. The van der Waals surface area contributed by atoms with Crippen molar-refractivity contribution >= 4 is 17.2 Å². The number of aryl methyl sites for hydroxylation is 1. The van der Waals surface area contributed by atoms with Gasteiger partial charge in [-0.3, -0.25) is 4.79 Å². The van der Waals surface area contributed by atoms with Gasteiger partial charge in [0, 0.05) is 12.1 Å². The van der Waals surface area contributed by atoms with E-state index in [-0.39, 0.29) is 11.9 Å². The van der Waals surface area contributed by atoms with Crippen LogP contribution in [0.3, 0.4) is 0 Å². The Morgan fingerprint density at radius 1 is 1.29 bits per heavy atom. The number of aromatic nitrogens is 2. The quantitative estimate of drug-likeness (QED) is 0.721. The monoisotopic (exact) mass is 339 g/mol. The highest BCUT2D eigenvalue weighted by Crippen LogP contribution is 2.33. The fraction of sp³-hybridized carbons (Fsp3) is 0.278. The van der Waals surface area contributed by atoms with Gasteiger partial charge in [-0.2, -0.15) is 4.98 Å². The van der Waals surface area contributed by atoms with E-state index in [1.807, 2.05) is 53.6 Å². The number of benzene rings is 1. The summed E-state index contributed by atoms with van der Waals surface area (Å²) in [6, 6.07) is 11.6. The van der Waals surface area contributed by atoms with E-state index in [1.54, 1.807) is 0 Å². The number of hydrogen-bond donors (Lipinski definition) is 0. The van der Waals surface area contributed by atoms with Gasteiger partial charge >= 0.3 is 0 Å². The summed E-state index contributed by atoms with van der Waals surface area (Å²) in [5.74, 6) is 1.14. The second-order valence-corrected chi connectivity index (χ2v) is 6.90. The number of hydrogen-bond acceptors (Lipinski definition) is 5. The van der Waals surface area contributed by atoms with Gasteiger partial charge in [0.05, 0.1) is 4.88 Å². The van der Waals surface area contributed by atoms with Crippen LogP contribution in [0, 0.1) is 6.92 Å². The molecule has 0 unspecified atom stereocenters. The van der Waals surface area contributed by atoms with Gasteiger partial charge in [0.25, 0.3) is 5.91 Å². The lowest BCUT2D eigenvalue weighted by atomic mass is 10.1. The standard InChI is InChI=1S/C18H17N3O2S/c1-12-6-8-13(9-7-12)16-19-17(23-20-16)14-4-2-10-21(14)18(22)15-5-3-11-24-15/h3,5-9,11,14H,2,4,10H2,1H3/t14-/m1/s1. The molecule has 1 aliphatic rings. The van der Waals surface area contributed by atoms with Gasteiger partial charge in [-0.15, -0.1) is 11.3 Å². The first-order valence-electron chi connectivity index (χ1n) is 7.97. The molecule has 0 N–H and O–H groups in total. The normalized spacial score (nSPS) is 17.4. The molecular formula is C18H17N3O2S. The Hall–Kier alpha value is -2.47. The van der Waals surface area contributed by atoms with Gasteiger partial charge in [0.1, 0.15) is 6.04 Å². The maximum absolute atomic E-state index is 12.7. The van der Waals surface area contributed by atoms with Crippen molar-refractivity contribution in [2.75, 3.05) is 6.54 Å². The van der Waals surface area contributed by atoms with Crippen LogP contribution < -0.4 is 0 Å². The van der Waals surface area contributed by atoms with Gasteiger partial charge in [0.2, 0.25) is 11.7 Å². The molecule has 1 amide bonds. The Bertz CT molecular complexity index is 840. The number of likely N-dealkylation sites (tertiary alicyclic amines) is 1. The molecule has 1 aliphatic heterocycles. The van der Waals surface area contributed by atoms with Crippen molar-refractivity contribution in [3.8, 4) is 11.4 Å². The van der Waals surface area contributed by atoms with E-state index in [1.165, 1.54) is 16.9 Å². The third-order valence-corrected chi connectivity index (χ3v) is 5.14. The third kappa shape index (κ3) is 2.73. The minimum absolute atomic E-state index is 0.0441. The summed E-state index contributed by atoms with van der Waals surface area (Å²) in [5.41, 5.74) is 2.11. The molecule has 0 spiro atoms. The van der Waals surface area contributed by atoms with E-state index in [9.17, 15) is 4.79 Å². The molecule has 1 fully saturated rings. The lowest BCUT2D eigenvalue weighted by Gasteiger charge is -2.20. The van der Waals surface area contributed by atoms with Crippen molar-refractivity contribution in [2.24, 2.45) is 0 Å². The first kappa shape index (κ1) is 15.1. The zero-order chi connectivity index (χ0) is 16.5. The first-order valence-corrected chi connectivity index (χ1v) is 8.85. The summed E-state index contributed by atoms with van der Waals surface area (Å²) in [5, 5.41) is 6.01. The van der Waals surface area contributed by atoms with Crippen LogP contribution >= 0.6 is 11.3 Å². The highest BCUT2D eigenvalue weighted by molar-refractivity contribution is 7.12. The average molecular weight is 339 g/mol. The molecule has 6 heteroatoms. The molecule has 0 saturated carbocycles. The predicted molar refractivity (Wildman–Crippen MR) is 91.8 cm³/mol. The predicted octanol–water partition coefficient (Wildman–Crippen LogP) is 4.08. The van der Waals surface area contributed by atoms with E-state index >= 15 is 0 Å². The van der Waals surface area contributed by atoms with E-state index in [0.717, 1.165) is 29.8 Å². The van der Waals surface area contributed by atoms with E-state index < -0.39 is 0 Å². The molecule has 0 radical (unpaired) electrons. The largest absolute Gasteiger partial charge is 0.337 e. The minimum Gasteiger partial charge on any atom is -0.337 e. The lowest BCUT2D eigenvalue weighted by Crippen LogP contribution is -2.30. The van der Waals surface area contributed by atoms with Crippen LogP contribution in [0.1, 0.15) is 40.0 Å². The summed E-state index contributed by atoms with van der Waals surface area (Å²) < 4.78 is 5.48. The van der Waals surface area contributed by atoms with Crippen LogP contribution in [0.5, 0.6) is 0 Å². The summed E-state index contributed by atoms with van der Waals surface area (Å²) in [7, 11) is 0. The second-order valence-electron chi connectivity index (χ2n) is 5.96. The Labute approximate surface area is 143 Å². The van der Waals surface area contributed by atoms with Crippen molar-refractivity contribution in [2.45, 2.75) is 25.8 Å². The van der Waals surface area contributed by atoms with Crippen LogP contribution in [0.15, 0.2) is 46.3 Å². The van der Waals surface area contributed by atoms with Crippen LogP contribution in [0.25, 0.3) is 11.4 Å². The van der Waals surface area contributed by atoms with Crippen LogP contribution in [-0.2, 0) is 0 Å². The maximum atomic E-state index is 12.7. The topological polar surface area (TPSA) is 59.2 Å². The smallest absolute Gasteiger partial charge is 0.264 e. The van der Waals surface area contributed by atoms with Crippen LogP contribution in [0.4, 0.5) is 0 Å². The molecule has 0 aliphatic carbocycles. The molecule has 3 heterocycles. The van der Waals surface area contributed by atoms with Crippen molar-refractivity contribution in [3.05, 3.63) is 58.1 Å². The minimum atomic E-state index is -0.133. The number of thiophene rings is 1. The highest BCUT2D eigenvalue weighted by atomic mass is 32.1. The van der Waals surface area contributed by atoms with Gasteiger partial charge in [-0.05, 0) is 31.2 Å². The van der Waals surface area contributed by atoms with Gasteiger partial charge in [-0.1, -0.05) is 41.1 Å². The Kier molecular flexibility index (Phi) is 3.90. The van der Waals surface area contributed by atoms with E-state index in [4.69, 9.17) is 4.52 Å². The maximum Gasteiger partial charge on any atom is 0.264 e. The molecule has 4 rings (SSSR count). The number of rotatable bonds is 3. The molecule has 122 valence electrons. The second kappa shape index (κ2) is 6.20. The van der Waals surface area contributed by atoms with E-state index in [2.05, 4.69) is 10.1 Å². The molecule has 1 saturated heterocycles. The SMILES string of the molecule is Cc1ccc(-c2noc([C@H]3CCCN3C(=O)c3cccs3)n2)cc1. The van der Waals surface area contributed by atoms with Crippen LogP contribution in [0.2, 0.25) is 0 Å². The third-order valence-electron chi connectivity index (χ3n) is 4.28. The van der Waals surface area contributed by atoms with E-state index in [0.29, 0.717) is 11.7 Å². The average Bonchev–Trinajstić information content (AvgIpc) is 3.34. The molecule has 5 nitrogen and oxygen atoms in total. The van der Waals surface area contributed by atoms with Crippen molar-refractivity contribution in [1.82, 2.24) is 15.0 Å². The molecule has 2 aromatic heterocycles. The Morgan fingerprint density at radius 3 is 2.88 bits per heavy atom. The number of carbonyl (C=O) groups is 1. The Balaban J connectivity index is 1.59. The molecular weight excluding hydrogens is 322 g/mol. The van der Waals surface area contributed by atoms with Crippen molar-refractivity contribution in [3.63, 3.8) is 0 Å². The fourth-order valence-corrected chi connectivity index (χ4v) is 3.68. The zero-order valence-electron chi connectivity index (χ0n) is 13.3. The van der Waals surface area contributed by atoms with Crippen molar-refractivity contribution < 1.29 is 9.32 Å². The number of carbonyl (C=O) groups excluding carboxylic acids is 1. The summed E-state index contributed by atoms with van der Waals surface area (Å²) in [6.07, 6.45) is 1.80. The van der Waals surface area contributed by atoms with Crippen molar-refractivity contribution in [1.29, 1.82) is 0 Å². The van der Waals surface area contributed by atoms with Gasteiger partial charge < -0.3 is 9.42 Å². The zero-order valence-corrected chi connectivity index (χ0v) is 14.1. The Morgan fingerprint density at radius 2 is 2.12 bits per heavy atom. The highest BCUT2D eigenvalue weighted by Gasteiger charge is 2.34. The fourth-order valence-electron chi connectivity index (χ4n) is 3.00. The number of amides is 1. The summed E-state index contributed by atoms with van der Waals surface area (Å²) in [4.78, 5) is 19.8. The van der Waals surface area contributed by atoms with Gasteiger partial charge in [0.15, 0.2) is 0 Å². The molecule has 3 aromatic rings. The summed E-state index contributed by atoms with van der Waals surface area (Å²) in [6.45, 7) is 2.77.